The number of hydrogen-bond acceptors (Lipinski definition) is 4. The molecule has 0 N–H and O–H groups in total. The predicted octanol–water partition coefficient (Wildman–Crippen LogP) is 14.5. The molecule has 0 saturated heterocycles. The Morgan fingerprint density at radius 3 is 0.542 bits per heavy atom. The fraction of sp³-hybridized carbons (Fsp3) is 0.682. The highest BCUT2D eigenvalue weighted by Crippen LogP contribution is 2.11. The molecule has 0 aromatic carbocycles. The molecule has 0 unspecified atom stereocenters. The maximum Gasteiger partial charge on any atom is 0.0701 e. The minimum absolute atomic E-state index is 0.639. The molecular formula is C44H90O4. The third kappa shape index (κ3) is 96.7. The molecule has 48 heavy (non-hydrogen) atoms. The number of ether oxygens (including phenoxy) is 4. The zero-order chi connectivity index (χ0) is 38.6. The molecule has 0 fully saturated rings. The van der Waals surface area contributed by atoms with E-state index in [2.05, 4.69) is 106 Å². The molecule has 0 aliphatic carbocycles. The highest BCUT2D eigenvalue weighted by molar-refractivity contribution is 4.49. The summed E-state index contributed by atoms with van der Waals surface area (Å²) in [5.41, 5.74) is 0. The van der Waals surface area contributed by atoms with Crippen LogP contribution in [0.4, 0.5) is 0 Å². The molecule has 0 atom stereocenters. The molecule has 0 bridgehead atoms. The van der Waals surface area contributed by atoms with Crippen LogP contribution in [0.3, 0.4) is 0 Å². The van der Waals surface area contributed by atoms with Crippen LogP contribution in [0.25, 0.3) is 0 Å². The summed E-state index contributed by atoms with van der Waals surface area (Å²) in [6.07, 6.45) is 27.3. The maximum absolute atomic E-state index is 5.65. The van der Waals surface area contributed by atoms with E-state index in [0.717, 1.165) is 13.2 Å². The second-order valence-corrected chi connectivity index (χ2v) is 9.81. The van der Waals surface area contributed by atoms with Crippen molar-refractivity contribution < 1.29 is 18.9 Å². The standard InChI is InChI=1S/C30H62O4.7C2H4/c1-3-5-7-9-11-13-15-17-19-21-23-31-25-27-33-29-30-34-28-26-32-24-22-20-18-16-14-12-10-8-6-4-2;7*1-2/h3-30H2,1-2H3;7*1-2H2. The average molecular weight is 683 g/mol. The normalized spacial score (nSPS) is 8.71. The van der Waals surface area contributed by atoms with Crippen LogP contribution in [0.2, 0.25) is 0 Å². The van der Waals surface area contributed by atoms with Crippen LogP contribution in [0.1, 0.15) is 142 Å². The first-order chi connectivity index (χ1) is 23.9. The van der Waals surface area contributed by atoms with Gasteiger partial charge in [0.2, 0.25) is 0 Å². The van der Waals surface area contributed by atoms with Crippen LogP contribution in [-0.4, -0.2) is 52.9 Å². The molecule has 0 heterocycles. The van der Waals surface area contributed by atoms with Crippen molar-refractivity contribution in [3.63, 3.8) is 0 Å². The van der Waals surface area contributed by atoms with Crippen LogP contribution in [0.15, 0.2) is 92.1 Å². The van der Waals surface area contributed by atoms with Gasteiger partial charge in [0.15, 0.2) is 0 Å². The Balaban J connectivity index is -0.000000167. The Hall–Kier alpha value is -1.98. The van der Waals surface area contributed by atoms with Gasteiger partial charge in [-0.2, -0.15) is 0 Å². The Morgan fingerprint density at radius 1 is 0.208 bits per heavy atom. The van der Waals surface area contributed by atoms with E-state index in [1.54, 1.807) is 0 Å². The molecule has 290 valence electrons. The van der Waals surface area contributed by atoms with Gasteiger partial charge in [-0.3, -0.25) is 0 Å². The Kier molecular flexibility index (Phi) is 130. The van der Waals surface area contributed by atoms with Gasteiger partial charge in [0, 0.05) is 13.2 Å². The van der Waals surface area contributed by atoms with Gasteiger partial charge < -0.3 is 18.9 Å². The fourth-order valence-electron chi connectivity index (χ4n) is 4.14. The van der Waals surface area contributed by atoms with Gasteiger partial charge in [-0.1, -0.05) is 129 Å². The third-order valence-electron chi connectivity index (χ3n) is 6.40. The first-order valence-corrected chi connectivity index (χ1v) is 18.7. The maximum atomic E-state index is 5.65. The van der Waals surface area contributed by atoms with E-state index in [-0.39, 0.29) is 0 Å². The summed E-state index contributed by atoms with van der Waals surface area (Å²) >= 11 is 0. The molecule has 0 rings (SSSR count). The van der Waals surface area contributed by atoms with Crippen molar-refractivity contribution in [1.82, 2.24) is 0 Å². The summed E-state index contributed by atoms with van der Waals surface area (Å²) in [6.45, 7) is 52.3. The van der Waals surface area contributed by atoms with Crippen molar-refractivity contribution >= 4 is 0 Å². The first-order valence-electron chi connectivity index (χ1n) is 18.7. The fourth-order valence-corrected chi connectivity index (χ4v) is 4.14. The van der Waals surface area contributed by atoms with Gasteiger partial charge >= 0.3 is 0 Å². The van der Waals surface area contributed by atoms with Gasteiger partial charge in [0.1, 0.15) is 0 Å². The zero-order valence-corrected chi connectivity index (χ0v) is 33.3. The summed E-state index contributed by atoms with van der Waals surface area (Å²) in [6, 6.07) is 0. The van der Waals surface area contributed by atoms with E-state index in [1.165, 1.54) is 128 Å². The molecule has 0 radical (unpaired) electrons. The number of rotatable bonds is 31. The number of hydrogen-bond donors (Lipinski definition) is 0. The second kappa shape index (κ2) is 96.8. The summed E-state index contributed by atoms with van der Waals surface area (Å²) in [5, 5.41) is 0. The smallest absolute Gasteiger partial charge is 0.0701 e. The lowest BCUT2D eigenvalue weighted by Gasteiger charge is -2.08. The Labute approximate surface area is 305 Å². The largest absolute Gasteiger partial charge is 0.379 e. The monoisotopic (exact) mass is 683 g/mol. The lowest BCUT2D eigenvalue weighted by Crippen LogP contribution is -2.12. The quantitative estimate of drug-likeness (QED) is 0.0539. The van der Waals surface area contributed by atoms with Crippen LogP contribution >= 0.6 is 0 Å². The molecule has 0 aliphatic rings. The van der Waals surface area contributed by atoms with Gasteiger partial charge in [-0.25, -0.2) is 0 Å². The molecular weight excluding hydrogens is 592 g/mol. The third-order valence-corrected chi connectivity index (χ3v) is 6.40. The van der Waals surface area contributed by atoms with Crippen molar-refractivity contribution in [2.24, 2.45) is 0 Å². The van der Waals surface area contributed by atoms with Gasteiger partial charge in [0.25, 0.3) is 0 Å². The lowest BCUT2D eigenvalue weighted by molar-refractivity contribution is -0.00248. The van der Waals surface area contributed by atoms with Crippen molar-refractivity contribution in [3.8, 4) is 0 Å². The second-order valence-electron chi connectivity index (χ2n) is 9.81. The molecule has 0 amide bonds. The molecule has 0 aliphatic heterocycles. The van der Waals surface area contributed by atoms with Crippen LogP contribution in [-0.2, 0) is 18.9 Å². The summed E-state index contributed by atoms with van der Waals surface area (Å²) in [4.78, 5) is 0. The van der Waals surface area contributed by atoms with Crippen molar-refractivity contribution in [3.05, 3.63) is 92.1 Å². The molecule has 0 spiro atoms. The lowest BCUT2D eigenvalue weighted by atomic mass is 10.1. The molecule has 0 saturated carbocycles. The summed E-state index contributed by atoms with van der Waals surface area (Å²) in [7, 11) is 0. The molecule has 0 aromatic heterocycles. The van der Waals surface area contributed by atoms with Crippen LogP contribution < -0.4 is 0 Å². The highest BCUT2D eigenvalue weighted by atomic mass is 16.6. The minimum Gasteiger partial charge on any atom is -0.379 e. The van der Waals surface area contributed by atoms with E-state index in [1.807, 2.05) is 0 Å². The first kappa shape index (κ1) is 64.5. The van der Waals surface area contributed by atoms with E-state index in [0.29, 0.717) is 39.6 Å². The van der Waals surface area contributed by atoms with E-state index in [4.69, 9.17) is 18.9 Å². The average Bonchev–Trinajstić information content (AvgIpc) is 3.18. The van der Waals surface area contributed by atoms with Gasteiger partial charge in [-0.15, -0.1) is 92.1 Å². The molecule has 4 nitrogen and oxygen atoms in total. The van der Waals surface area contributed by atoms with Gasteiger partial charge in [-0.05, 0) is 12.8 Å². The molecule has 0 aromatic rings. The van der Waals surface area contributed by atoms with E-state index in [9.17, 15) is 0 Å². The SMILES string of the molecule is C=C.C=C.C=C.C=C.C=C.C=C.C=C.CCCCCCCCCCCCOCCOCCOCCOCCCCCCCCCCCC. The zero-order valence-electron chi connectivity index (χ0n) is 33.3. The van der Waals surface area contributed by atoms with E-state index < -0.39 is 0 Å². The predicted molar refractivity (Wildman–Crippen MR) is 226 cm³/mol. The minimum atomic E-state index is 0.639. The van der Waals surface area contributed by atoms with Gasteiger partial charge in [0.05, 0.1) is 39.6 Å². The van der Waals surface area contributed by atoms with Crippen molar-refractivity contribution in [2.45, 2.75) is 142 Å². The summed E-state index contributed by atoms with van der Waals surface area (Å²) < 4.78 is 22.4. The highest BCUT2D eigenvalue weighted by Gasteiger charge is 1.96. The summed E-state index contributed by atoms with van der Waals surface area (Å²) in [5.74, 6) is 0. The van der Waals surface area contributed by atoms with Crippen molar-refractivity contribution in [2.75, 3.05) is 52.9 Å². The topological polar surface area (TPSA) is 36.9 Å². The van der Waals surface area contributed by atoms with Crippen molar-refractivity contribution in [1.29, 1.82) is 0 Å². The Bertz CT molecular complexity index is 380. The molecule has 4 heteroatoms. The van der Waals surface area contributed by atoms with Crippen LogP contribution in [0, 0.1) is 0 Å². The van der Waals surface area contributed by atoms with Crippen LogP contribution in [0.5, 0.6) is 0 Å². The Morgan fingerprint density at radius 2 is 0.354 bits per heavy atom. The van der Waals surface area contributed by atoms with E-state index >= 15 is 0 Å². The number of unbranched alkanes of at least 4 members (excludes halogenated alkanes) is 18.